The Bertz CT molecular complexity index is 243. The summed E-state index contributed by atoms with van der Waals surface area (Å²) in [7, 11) is 0. The van der Waals surface area contributed by atoms with Crippen molar-refractivity contribution in [2.75, 3.05) is 26.2 Å². The molecule has 2 rings (SSSR count). The van der Waals surface area contributed by atoms with Gasteiger partial charge in [-0.05, 0) is 19.3 Å². The van der Waals surface area contributed by atoms with Gasteiger partial charge in [0.1, 0.15) is 6.10 Å². The minimum atomic E-state index is -0.305. The van der Waals surface area contributed by atoms with E-state index in [4.69, 9.17) is 9.84 Å². The molecule has 92 valence electrons. The van der Waals surface area contributed by atoms with Gasteiger partial charge in [-0.25, -0.2) is 4.79 Å². The van der Waals surface area contributed by atoms with Gasteiger partial charge in [0.15, 0.2) is 0 Å². The van der Waals surface area contributed by atoms with Crippen molar-refractivity contribution in [3.05, 3.63) is 0 Å². The summed E-state index contributed by atoms with van der Waals surface area (Å²) in [6.07, 6.45) is 4.24. The molecule has 1 saturated heterocycles. The first-order valence-corrected chi connectivity index (χ1v) is 6.09. The molecule has 1 atom stereocenters. The van der Waals surface area contributed by atoms with Gasteiger partial charge in [0.05, 0.1) is 6.54 Å². The van der Waals surface area contributed by atoms with E-state index in [0.717, 1.165) is 19.5 Å². The molecule has 2 N–H and O–H groups in total. The van der Waals surface area contributed by atoms with Crippen LogP contribution in [0.2, 0.25) is 0 Å². The number of hydrogen-bond acceptors (Lipinski definition) is 4. The van der Waals surface area contributed by atoms with Crippen molar-refractivity contribution in [1.82, 2.24) is 10.2 Å². The fourth-order valence-corrected chi connectivity index (χ4v) is 2.24. The predicted octanol–water partition coefficient (Wildman–Crippen LogP) is 0.332. The maximum absolute atomic E-state index is 10.9. The molecule has 5 nitrogen and oxygen atoms in total. The zero-order valence-electron chi connectivity index (χ0n) is 9.52. The number of rotatable bonds is 6. The normalized spacial score (nSPS) is 25.4. The number of carbonyl (C=O) groups excluding carboxylic acids is 1. The molecule has 2 fully saturated rings. The van der Waals surface area contributed by atoms with E-state index in [1.165, 1.54) is 19.3 Å². The Labute approximate surface area is 95.8 Å². The van der Waals surface area contributed by atoms with Crippen LogP contribution in [0.15, 0.2) is 0 Å². The molecule has 0 aromatic carbocycles. The average Bonchev–Trinajstić information content (AvgIpc) is 2.58. The Morgan fingerprint density at radius 3 is 2.81 bits per heavy atom. The lowest BCUT2D eigenvalue weighted by atomic mass is 9.91. The van der Waals surface area contributed by atoms with Gasteiger partial charge in [0.2, 0.25) is 0 Å². The lowest BCUT2D eigenvalue weighted by molar-refractivity contribution is 0.0600. The van der Waals surface area contributed by atoms with E-state index in [9.17, 15) is 4.79 Å². The Kier molecular flexibility index (Phi) is 4.01. The number of aliphatic hydroxyl groups is 1. The van der Waals surface area contributed by atoms with Gasteiger partial charge < -0.3 is 15.2 Å². The summed E-state index contributed by atoms with van der Waals surface area (Å²) in [4.78, 5) is 13.3. The lowest BCUT2D eigenvalue weighted by Crippen LogP contribution is -2.45. The summed E-state index contributed by atoms with van der Waals surface area (Å²) in [5.74, 6) is 0. The Morgan fingerprint density at radius 1 is 1.50 bits per heavy atom. The number of ether oxygens (including phenoxy) is 1. The van der Waals surface area contributed by atoms with Crippen LogP contribution >= 0.6 is 0 Å². The van der Waals surface area contributed by atoms with E-state index in [0.29, 0.717) is 12.6 Å². The molecule has 16 heavy (non-hydrogen) atoms. The molecule has 0 bridgehead atoms. The van der Waals surface area contributed by atoms with E-state index < -0.39 is 0 Å². The van der Waals surface area contributed by atoms with Crippen LogP contribution in [0.5, 0.6) is 0 Å². The highest BCUT2D eigenvalue weighted by Gasteiger charge is 2.30. The third kappa shape index (κ3) is 2.86. The largest absolute Gasteiger partial charge is 0.443 e. The molecule has 1 aliphatic heterocycles. The average molecular weight is 228 g/mol. The third-order valence-corrected chi connectivity index (χ3v) is 3.38. The predicted molar refractivity (Wildman–Crippen MR) is 59.2 cm³/mol. The first kappa shape index (κ1) is 11.7. The summed E-state index contributed by atoms with van der Waals surface area (Å²) in [5, 5.41) is 11.5. The summed E-state index contributed by atoms with van der Waals surface area (Å²) in [5.41, 5.74) is 0. The monoisotopic (exact) mass is 228 g/mol. The number of nitrogens with zero attached hydrogens (tertiary/aromatic N) is 1. The van der Waals surface area contributed by atoms with Gasteiger partial charge in [-0.1, -0.05) is 6.42 Å². The molecule has 5 heteroatoms. The lowest BCUT2D eigenvalue weighted by Gasteiger charge is -2.38. The second kappa shape index (κ2) is 5.50. The van der Waals surface area contributed by atoms with Crippen LogP contribution in [0, 0.1) is 0 Å². The fourth-order valence-electron chi connectivity index (χ4n) is 2.24. The molecule has 1 saturated carbocycles. The zero-order valence-corrected chi connectivity index (χ0v) is 9.52. The van der Waals surface area contributed by atoms with Gasteiger partial charge in [0.25, 0.3) is 0 Å². The number of cyclic esters (lactones) is 1. The van der Waals surface area contributed by atoms with E-state index in [-0.39, 0.29) is 18.8 Å². The number of amides is 1. The third-order valence-electron chi connectivity index (χ3n) is 3.38. The second-order valence-electron chi connectivity index (χ2n) is 4.57. The molecule has 1 aliphatic carbocycles. The number of aliphatic hydroxyl groups excluding tert-OH is 1. The van der Waals surface area contributed by atoms with E-state index in [2.05, 4.69) is 10.2 Å². The SMILES string of the molecule is O=C1NCC(CN(CCCO)C2CCC2)O1. The van der Waals surface area contributed by atoms with Crippen molar-refractivity contribution in [1.29, 1.82) is 0 Å². The first-order chi connectivity index (χ1) is 7.79. The standard InChI is InChI=1S/C11H20N2O3/c14-6-2-5-13(9-3-1-4-9)8-10-7-12-11(15)16-10/h9-10,14H,1-8H2,(H,12,15). The Morgan fingerprint density at radius 2 is 2.31 bits per heavy atom. The molecule has 0 aromatic heterocycles. The van der Waals surface area contributed by atoms with Crippen LogP contribution in [0.3, 0.4) is 0 Å². The van der Waals surface area contributed by atoms with Crippen LogP contribution in [0.1, 0.15) is 25.7 Å². The van der Waals surface area contributed by atoms with E-state index in [1.807, 2.05) is 0 Å². The molecular weight excluding hydrogens is 208 g/mol. The number of hydrogen-bond donors (Lipinski definition) is 2. The minimum absolute atomic E-state index is 0.0215. The quantitative estimate of drug-likeness (QED) is 0.688. The highest BCUT2D eigenvalue weighted by Crippen LogP contribution is 2.25. The van der Waals surface area contributed by atoms with Gasteiger partial charge in [-0.2, -0.15) is 0 Å². The molecule has 2 aliphatic rings. The number of nitrogens with one attached hydrogen (secondary N) is 1. The van der Waals surface area contributed by atoms with Crippen molar-refractivity contribution in [2.24, 2.45) is 0 Å². The Balaban J connectivity index is 1.78. The van der Waals surface area contributed by atoms with Gasteiger partial charge >= 0.3 is 6.09 Å². The zero-order chi connectivity index (χ0) is 11.4. The molecule has 0 radical (unpaired) electrons. The number of carbonyl (C=O) groups is 1. The van der Waals surface area contributed by atoms with Crippen LogP contribution in [-0.2, 0) is 4.74 Å². The highest BCUT2D eigenvalue weighted by atomic mass is 16.6. The van der Waals surface area contributed by atoms with Crippen molar-refractivity contribution in [2.45, 2.75) is 37.8 Å². The molecular formula is C11H20N2O3. The van der Waals surface area contributed by atoms with Crippen molar-refractivity contribution in [3.8, 4) is 0 Å². The van der Waals surface area contributed by atoms with Crippen LogP contribution in [0.4, 0.5) is 4.79 Å². The van der Waals surface area contributed by atoms with Crippen molar-refractivity contribution >= 4 is 6.09 Å². The van der Waals surface area contributed by atoms with Crippen LogP contribution in [-0.4, -0.2) is 54.5 Å². The molecule has 1 heterocycles. The smallest absolute Gasteiger partial charge is 0.407 e. The number of alkyl carbamates (subject to hydrolysis) is 1. The molecule has 0 aromatic rings. The Hall–Kier alpha value is -0.810. The minimum Gasteiger partial charge on any atom is -0.443 e. The van der Waals surface area contributed by atoms with E-state index >= 15 is 0 Å². The second-order valence-corrected chi connectivity index (χ2v) is 4.57. The van der Waals surface area contributed by atoms with Gasteiger partial charge in [-0.15, -0.1) is 0 Å². The fraction of sp³-hybridized carbons (Fsp3) is 0.909. The van der Waals surface area contributed by atoms with Gasteiger partial charge in [-0.3, -0.25) is 4.90 Å². The molecule has 1 amide bonds. The van der Waals surface area contributed by atoms with Crippen molar-refractivity contribution in [3.63, 3.8) is 0 Å². The first-order valence-electron chi connectivity index (χ1n) is 6.09. The maximum atomic E-state index is 10.9. The topological polar surface area (TPSA) is 61.8 Å². The van der Waals surface area contributed by atoms with Gasteiger partial charge in [0, 0.05) is 25.7 Å². The van der Waals surface area contributed by atoms with E-state index in [1.54, 1.807) is 0 Å². The summed E-state index contributed by atoms with van der Waals surface area (Å²) in [6.45, 7) is 2.53. The molecule has 0 spiro atoms. The summed E-state index contributed by atoms with van der Waals surface area (Å²) >= 11 is 0. The van der Waals surface area contributed by atoms with Crippen molar-refractivity contribution < 1.29 is 14.6 Å². The summed E-state index contributed by atoms with van der Waals surface area (Å²) in [6, 6.07) is 0.630. The highest BCUT2D eigenvalue weighted by molar-refractivity contribution is 5.69. The maximum Gasteiger partial charge on any atom is 0.407 e. The summed E-state index contributed by atoms with van der Waals surface area (Å²) < 4.78 is 5.14. The molecule has 1 unspecified atom stereocenters. The van der Waals surface area contributed by atoms with Crippen LogP contribution < -0.4 is 5.32 Å². The van der Waals surface area contributed by atoms with Crippen LogP contribution in [0.25, 0.3) is 0 Å².